The van der Waals surface area contributed by atoms with Gasteiger partial charge in [-0.3, -0.25) is 4.79 Å². The number of hydrazone groups is 1. The second-order valence-corrected chi connectivity index (χ2v) is 5.32. The highest BCUT2D eigenvalue weighted by Gasteiger charge is 2.10. The number of amides is 1. The maximum absolute atomic E-state index is 11.9. The number of carboxylic acid groups (broad SMARTS) is 2. The van der Waals surface area contributed by atoms with Crippen molar-refractivity contribution in [3.05, 3.63) is 53.6 Å². The van der Waals surface area contributed by atoms with Crippen molar-refractivity contribution in [3.8, 4) is 17.2 Å². The Morgan fingerprint density at radius 2 is 1.54 bits per heavy atom. The fraction of sp³-hybridized carbons (Fsp3) is 0.111. The number of benzene rings is 2. The minimum absolute atomic E-state index is 0.0115. The summed E-state index contributed by atoms with van der Waals surface area (Å²) in [4.78, 5) is 33.2. The van der Waals surface area contributed by atoms with Crippen molar-refractivity contribution in [1.82, 2.24) is 5.43 Å². The highest BCUT2D eigenvalue weighted by molar-refractivity contribution is 5.95. The molecule has 2 aromatic rings. The van der Waals surface area contributed by atoms with E-state index in [2.05, 4.69) is 10.5 Å². The number of phenols is 1. The molecule has 0 bridgehead atoms. The molecule has 0 aromatic heterocycles. The minimum Gasteiger partial charge on any atom is -0.508 e. The standard InChI is InChI=1S/C18H16N2O8/c21-13-4-2-12(3-5-13)18(26)20-19-8-11-1-6-14(27-9-16(22)23)15(7-11)28-10-17(24)25/h1-8,21H,9-10H2,(H,20,26)(H,22,23)(H,24,25)/b19-8+. The fourth-order valence-corrected chi connectivity index (χ4v) is 1.96. The number of ether oxygens (including phenoxy) is 2. The summed E-state index contributed by atoms with van der Waals surface area (Å²) < 4.78 is 10.1. The van der Waals surface area contributed by atoms with Crippen LogP contribution in [-0.2, 0) is 9.59 Å². The number of phenolic OH excluding ortho intramolecular Hbond substituents is 1. The normalized spacial score (nSPS) is 10.4. The molecular formula is C18H16N2O8. The topological polar surface area (TPSA) is 155 Å². The Hall–Kier alpha value is -4.08. The van der Waals surface area contributed by atoms with Gasteiger partial charge in [0.05, 0.1) is 6.21 Å². The lowest BCUT2D eigenvalue weighted by Gasteiger charge is -2.11. The average Bonchev–Trinajstić information content (AvgIpc) is 2.65. The smallest absolute Gasteiger partial charge is 0.341 e. The Bertz CT molecular complexity index is 893. The number of hydrogen-bond acceptors (Lipinski definition) is 7. The number of carbonyl (C=O) groups excluding carboxylic acids is 1. The zero-order chi connectivity index (χ0) is 20.5. The molecule has 2 rings (SSSR count). The highest BCUT2D eigenvalue weighted by Crippen LogP contribution is 2.28. The predicted molar refractivity (Wildman–Crippen MR) is 95.9 cm³/mol. The van der Waals surface area contributed by atoms with Crippen LogP contribution in [0.4, 0.5) is 0 Å². The molecule has 4 N–H and O–H groups in total. The Morgan fingerprint density at radius 3 is 2.14 bits per heavy atom. The average molecular weight is 388 g/mol. The van der Waals surface area contributed by atoms with Gasteiger partial charge in [-0.25, -0.2) is 15.0 Å². The number of nitrogens with zero attached hydrogens (tertiary/aromatic N) is 1. The van der Waals surface area contributed by atoms with Gasteiger partial charge in [0.25, 0.3) is 5.91 Å². The second kappa shape index (κ2) is 9.57. The van der Waals surface area contributed by atoms with Crippen molar-refractivity contribution in [1.29, 1.82) is 0 Å². The molecule has 0 saturated carbocycles. The van der Waals surface area contributed by atoms with Crippen LogP contribution in [0.3, 0.4) is 0 Å². The van der Waals surface area contributed by atoms with Gasteiger partial charge in [-0.05, 0) is 48.0 Å². The molecule has 2 aromatic carbocycles. The molecular weight excluding hydrogens is 372 g/mol. The molecule has 0 saturated heterocycles. The van der Waals surface area contributed by atoms with Gasteiger partial charge in [0, 0.05) is 5.56 Å². The van der Waals surface area contributed by atoms with Crippen LogP contribution in [0.25, 0.3) is 0 Å². The van der Waals surface area contributed by atoms with Crippen molar-refractivity contribution in [2.75, 3.05) is 13.2 Å². The van der Waals surface area contributed by atoms with Gasteiger partial charge in [-0.15, -0.1) is 0 Å². The number of aliphatic carboxylic acids is 2. The Labute approximate surface area is 158 Å². The van der Waals surface area contributed by atoms with E-state index in [1.165, 1.54) is 48.7 Å². The molecule has 0 unspecified atom stereocenters. The van der Waals surface area contributed by atoms with Crippen molar-refractivity contribution >= 4 is 24.1 Å². The number of rotatable bonds is 9. The number of carboxylic acids is 2. The predicted octanol–water partition coefficient (Wildman–Crippen LogP) is 1.08. The van der Waals surface area contributed by atoms with Gasteiger partial charge in [-0.2, -0.15) is 5.10 Å². The zero-order valence-electron chi connectivity index (χ0n) is 14.4. The van der Waals surface area contributed by atoms with E-state index in [1.807, 2.05) is 0 Å². The molecule has 0 atom stereocenters. The first-order chi connectivity index (χ1) is 13.3. The molecule has 0 aliphatic rings. The van der Waals surface area contributed by atoms with E-state index in [1.54, 1.807) is 0 Å². The van der Waals surface area contributed by atoms with E-state index in [0.29, 0.717) is 5.56 Å². The van der Waals surface area contributed by atoms with Crippen LogP contribution in [0.2, 0.25) is 0 Å². The number of nitrogens with one attached hydrogen (secondary N) is 1. The van der Waals surface area contributed by atoms with Gasteiger partial charge >= 0.3 is 11.9 Å². The van der Waals surface area contributed by atoms with Crippen LogP contribution in [0.15, 0.2) is 47.6 Å². The summed E-state index contributed by atoms with van der Waals surface area (Å²) in [5.74, 6) is -2.83. The molecule has 10 nitrogen and oxygen atoms in total. The van der Waals surface area contributed by atoms with E-state index in [-0.39, 0.29) is 22.8 Å². The minimum atomic E-state index is -1.22. The molecule has 28 heavy (non-hydrogen) atoms. The molecule has 0 aliphatic carbocycles. The Morgan fingerprint density at radius 1 is 0.929 bits per heavy atom. The first kappa shape index (κ1) is 20.2. The summed E-state index contributed by atoms with van der Waals surface area (Å²) in [5.41, 5.74) is 3.02. The molecule has 0 heterocycles. The van der Waals surface area contributed by atoms with Crippen LogP contribution in [0.5, 0.6) is 17.2 Å². The SMILES string of the molecule is O=C(O)COc1ccc(/C=N/NC(=O)c2ccc(O)cc2)cc1OCC(=O)O. The van der Waals surface area contributed by atoms with Gasteiger partial charge in [0.15, 0.2) is 24.7 Å². The van der Waals surface area contributed by atoms with Gasteiger partial charge in [0.2, 0.25) is 0 Å². The summed E-state index contributed by atoms with van der Waals surface area (Å²) in [7, 11) is 0. The molecule has 0 aliphatic heterocycles. The van der Waals surface area contributed by atoms with Crippen molar-refractivity contribution in [2.24, 2.45) is 5.10 Å². The third kappa shape index (κ3) is 6.33. The van der Waals surface area contributed by atoms with Crippen molar-refractivity contribution in [3.63, 3.8) is 0 Å². The van der Waals surface area contributed by atoms with Gasteiger partial charge < -0.3 is 24.8 Å². The lowest BCUT2D eigenvalue weighted by atomic mass is 10.2. The third-order valence-corrected chi connectivity index (χ3v) is 3.18. The van der Waals surface area contributed by atoms with E-state index < -0.39 is 31.1 Å². The van der Waals surface area contributed by atoms with Crippen LogP contribution in [-0.4, -0.2) is 52.6 Å². The molecule has 0 radical (unpaired) electrons. The molecule has 10 heteroatoms. The summed E-state index contributed by atoms with van der Waals surface area (Å²) >= 11 is 0. The molecule has 0 spiro atoms. The maximum Gasteiger partial charge on any atom is 0.341 e. The number of aromatic hydroxyl groups is 1. The quantitative estimate of drug-likeness (QED) is 0.367. The second-order valence-electron chi connectivity index (χ2n) is 5.32. The number of hydrogen-bond donors (Lipinski definition) is 4. The first-order valence-electron chi connectivity index (χ1n) is 7.81. The molecule has 1 amide bonds. The van der Waals surface area contributed by atoms with Crippen molar-refractivity contribution in [2.45, 2.75) is 0 Å². The largest absolute Gasteiger partial charge is 0.508 e. The first-order valence-corrected chi connectivity index (χ1v) is 7.81. The lowest BCUT2D eigenvalue weighted by Crippen LogP contribution is -2.17. The summed E-state index contributed by atoms with van der Waals surface area (Å²) in [6.07, 6.45) is 1.28. The van der Waals surface area contributed by atoms with E-state index >= 15 is 0 Å². The van der Waals surface area contributed by atoms with Crippen LogP contribution >= 0.6 is 0 Å². The Balaban J connectivity index is 2.08. The van der Waals surface area contributed by atoms with Gasteiger partial charge in [0.1, 0.15) is 5.75 Å². The van der Waals surface area contributed by atoms with Crippen LogP contribution < -0.4 is 14.9 Å². The molecule has 146 valence electrons. The summed E-state index contributed by atoms with van der Waals surface area (Å²) in [6.45, 7) is -1.28. The zero-order valence-corrected chi connectivity index (χ0v) is 14.4. The maximum atomic E-state index is 11.9. The van der Waals surface area contributed by atoms with E-state index in [9.17, 15) is 19.5 Å². The lowest BCUT2D eigenvalue weighted by molar-refractivity contribution is -0.140. The third-order valence-electron chi connectivity index (χ3n) is 3.18. The monoisotopic (exact) mass is 388 g/mol. The van der Waals surface area contributed by atoms with E-state index in [4.69, 9.17) is 19.7 Å². The van der Waals surface area contributed by atoms with Gasteiger partial charge in [-0.1, -0.05) is 0 Å². The molecule has 0 fully saturated rings. The van der Waals surface area contributed by atoms with Crippen molar-refractivity contribution < 1.29 is 39.2 Å². The Kier molecular flexibility index (Phi) is 6.92. The van der Waals surface area contributed by atoms with Crippen LogP contribution in [0.1, 0.15) is 15.9 Å². The fourth-order valence-electron chi connectivity index (χ4n) is 1.96. The van der Waals surface area contributed by atoms with Crippen LogP contribution in [0, 0.1) is 0 Å². The summed E-state index contributed by atoms with van der Waals surface area (Å²) in [6, 6.07) is 9.86. The highest BCUT2D eigenvalue weighted by atomic mass is 16.5. The summed E-state index contributed by atoms with van der Waals surface area (Å²) in [5, 5.41) is 30.4. The van der Waals surface area contributed by atoms with E-state index in [0.717, 1.165) is 0 Å². The number of carbonyl (C=O) groups is 3.